The summed E-state index contributed by atoms with van der Waals surface area (Å²) in [6, 6.07) is 14.3. The SMILES string of the molecule is CCNC(=O)c1ccc(-n2c(-c3cccnc3)cc3c2CCC(C)C3)cc1. The molecule has 1 aliphatic carbocycles. The van der Waals surface area contributed by atoms with Crippen molar-refractivity contribution in [1.29, 1.82) is 0 Å². The van der Waals surface area contributed by atoms with E-state index in [0.29, 0.717) is 12.1 Å². The lowest BCUT2D eigenvalue weighted by atomic mass is 9.89. The van der Waals surface area contributed by atoms with E-state index in [4.69, 9.17) is 0 Å². The van der Waals surface area contributed by atoms with Crippen LogP contribution in [0.5, 0.6) is 0 Å². The average Bonchev–Trinajstić information content (AvgIpc) is 3.07. The van der Waals surface area contributed by atoms with Crippen molar-refractivity contribution in [1.82, 2.24) is 14.9 Å². The maximum absolute atomic E-state index is 12.1. The summed E-state index contributed by atoms with van der Waals surface area (Å²) < 4.78 is 2.35. The molecule has 4 rings (SSSR count). The monoisotopic (exact) mass is 359 g/mol. The molecule has 0 fully saturated rings. The van der Waals surface area contributed by atoms with Gasteiger partial charge in [0.2, 0.25) is 0 Å². The van der Waals surface area contributed by atoms with Crippen LogP contribution in [-0.4, -0.2) is 22.0 Å². The molecule has 1 atom stereocenters. The summed E-state index contributed by atoms with van der Waals surface area (Å²) in [5, 5.41) is 2.85. The number of benzene rings is 1. The molecule has 4 nitrogen and oxygen atoms in total. The predicted octanol–water partition coefficient (Wildman–Crippen LogP) is 4.41. The Labute approximate surface area is 160 Å². The maximum atomic E-state index is 12.1. The molecule has 1 aromatic carbocycles. The Morgan fingerprint density at radius 3 is 2.78 bits per heavy atom. The van der Waals surface area contributed by atoms with Crippen LogP contribution in [0, 0.1) is 5.92 Å². The van der Waals surface area contributed by atoms with Crippen molar-refractivity contribution in [3.05, 3.63) is 71.7 Å². The molecule has 0 bridgehead atoms. The van der Waals surface area contributed by atoms with Crippen LogP contribution in [0.15, 0.2) is 54.9 Å². The quantitative estimate of drug-likeness (QED) is 0.750. The van der Waals surface area contributed by atoms with E-state index in [1.54, 1.807) is 6.20 Å². The minimum absolute atomic E-state index is 0.0279. The Kier molecular flexibility index (Phi) is 4.80. The molecule has 1 amide bonds. The summed E-state index contributed by atoms with van der Waals surface area (Å²) in [6.45, 7) is 4.89. The van der Waals surface area contributed by atoms with E-state index >= 15 is 0 Å². The average molecular weight is 359 g/mol. The van der Waals surface area contributed by atoms with Gasteiger partial charge in [0.15, 0.2) is 0 Å². The van der Waals surface area contributed by atoms with Crippen LogP contribution >= 0.6 is 0 Å². The highest BCUT2D eigenvalue weighted by molar-refractivity contribution is 5.94. The van der Waals surface area contributed by atoms with Crippen LogP contribution < -0.4 is 5.32 Å². The molecule has 0 saturated carbocycles. The first-order chi connectivity index (χ1) is 13.2. The second kappa shape index (κ2) is 7.39. The fraction of sp³-hybridized carbons (Fsp3) is 0.304. The molecule has 0 spiro atoms. The van der Waals surface area contributed by atoms with Gasteiger partial charge in [-0.05, 0) is 80.1 Å². The molecule has 3 aromatic rings. The maximum Gasteiger partial charge on any atom is 0.251 e. The number of hydrogen-bond acceptors (Lipinski definition) is 2. The first-order valence-electron chi connectivity index (χ1n) is 9.70. The van der Waals surface area contributed by atoms with E-state index in [1.165, 1.54) is 23.4 Å². The Hall–Kier alpha value is -2.88. The first-order valence-corrected chi connectivity index (χ1v) is 9.70. The third-order valence-electron chi connectivity index (χ3n) is 5.32. The molecule has 1 aliphatic rings. The largest absolute Gasteiger partial charge is 0.352 e. The smallest absolute Gasteiger partial charge is 0.251 e. The van der Waals surface area contributed by atoms with Crippen LogP contribution in [-0.2, 0) is 12.8 Å². The van der Waals surface area contributed by atoms with Gasteiger partial charge in [-0.3, -0.25) is 9.78 Å². The summed E-state index contributed by atoms with van der Waals surface area (Å²) in [7, 11) is 0. The second-order valence-corrected chi connectivity index (χ2v) is 7.33. The summed E-state index contributed by atoms with van der Waals surface area (Å²) in [4.78, 5) is 16.4. The zero-order valence-electron chi connectivity index (χ0n) is 15.9. The zero-order chi connectivity index (χ0) is 18.8. The highest BCUT2D eigenvalue weighted by Gasteiger charge is 2.23. The minimum Gasteiger partial charge on any atom is -0.352 e. The summed E-state index contributed by atoms with van der Waals surface area (Å²) >= 11 is 0. The normalized spacial score (nSPS) is 16.0. The molecule has 0 aliphatic heterocycles. The number of pyridine rings is 1. The third kappa shape index (κ3) is 3.39. The number of hydrogen-bond donors (Lipinski definition) is 1. The molecule has 138 valence electrons. The van der Waals surface area contributed by atoms with E-state index in [0.717, 1.165) is 30.0 Å². The molecule has 0 saturated heterocycles. The number of fused-ring (bicyclic) bond motifs is 1. The molecule has 1 N–H and O–H groups in total. The molecule has 1 unspecified atom stereocenters. The molecular weight excluding hydrogens is 334 g/mol. The Bertz CT molecular complexity index is 942. The molecular formula is C23H25N3O. The third-order valence-corrected chi connectivity index (χ3v) is 5.32. The van der Waals surface area contributed by atoms with E-state index in [2.05, 4.69) is 33.9 Å². The van der Waals surface area contributed by atoms with Crippen LogP contribution in [0.25, 0.3) is 16.9 Å². The second-order valence-electron chi connectivity index (χ2n) is 7.33. The van der Waals surface area contributed by atoms with Gasteiger partial charge in [0, 0.05) is 41.4 Å². The van der Waals surface area contributed by atoms with Crippen LogP contribution in [0.1, 0.15) is 41.9 Å². The number of carbonyl (C=O) groups excluding carboxylic acids is 1. The van der Waals surface area contributed by atoms with Crippen molar-refractivity contribution < 1.29 is 4.79 Å². The number of nitrogens with one attached hydrogen (secondary N) is 1. The standard InChI is InChI=1S/C23H25N3O/c1-3-25-23(27)17-7-9-20(10-8-17)26-21-11-6-16(2)13-19(21)14-22(26)18-5-4-12-24-15-18/h4-5,7-10,12,14-16H,3,6,11,13H2,1-2H3,(H,25,27). The van der Waals surface area contributed by atoms with Crippen molar-refractivity contribution in [3.8, 4) is 16.9 Å². The Balaban J connectivity index is 1.80. The van der Waals surface area contributed by atoms with Crippen molar-refractivity contribution in [2.24, 2.45) is 5.92 Å². The topological polar surface area (TPSA) is 46.9 Å². The molecule has 27 heavy (non-hydrogen) atoms. The fourth-order valence-corrected chi connectivity index (χ4v) is 3.96. The van der Waals surface area contributed by atoms with Gasteiger partial charge in [-0.15, -0.1) is 0 Å². The van der Waals surface area contributed by atoms with Gasteiger partial charge >= 0.3 is 0 Å². The summed E-state index contributed by atoms with van der Waals surface area (Å²) in [5.74, 6) is 0.690. The van der Waals surface area contributed by atoms with Crippen molar-refractivity contribution >= 4 is 5.91 Å². The first kappa shape index (κ1) is 17.5. The molecule has 0 radical (unpaired) electrons. The van der Waals surface area contributed by atoms with E-state index in [9.17, 15) is 4.79 Å². The number of amides is 1. The number of carbonyl (C=O) groups is 1. The lowest BCUT2D eigenvalue weighted by molar-refractivity contribution is 0.0956. The van der Waals surface area contributed by atoms with Crippen molar-refractivity contribution in [2.45, 2.75) is 33.1 Å². The molecule has 4 heteroatoms. The summed E-state index contributed by atoms with van der Waals surface area (Å²) in [5.41, 5.74) is 6.90. The number of rotatable bonds is 4. The number of nitrogens with zero attached hydrogens (tertiary/aromatic N) is 2. The zero-order valence-corrected chi connectivity index (χ0v) is 15.9. The van der Waals surface area contributed by atoms with Crippen molar-refractivity contribution in [3.63, 3.8) is 0 Å². The predicted molar refractivity (Wildman–Crippen MR) is 108 cm³/mol. The van der Waals surface area contributed by atoms with Gasteiger partial charge in [0.25, 0.3) is 5.91 Å². The Morgan fingerprint density at radius 2 is 2.07 bits per heavy atom. The number of aromatic nitrogens is 2. The van der Waals surface area contributed by atoms with E-state index in [1.807, 2.05) is 43.5 Å². The highest BCUT2D eigenvalue weighted by Crippen LogP contribution is 2.35. The van der Waals surface area contributed by atoms with E-state index in [-0.39, 0.29) is 5.91 Å². The van der Waals surface area contributed by atoms with Crippen molar-refractivity contribution in [2.75, 3.05) is 6.54 Å². The van der Waals surface area contributed by atoms with Gasteiger partial charge in [0.05, 0.1) is 5.69 Å². The lowest BCUT2D eigenvalue weighted by Crippen LogP contribution is -2.22. The minimum atomic E-state index is -0.0279. The highest BCUT2D eigenvalue weighted by atomic mass is 16.1. The lowest BCUT2D eigenvalue weighted by Gasteiger charge is -2.21. The van der Waals surface area contributed by atoms with Gasteiger partial charge in [0.1, 0.15) is 0 Å². The van der Waals surface area contributed by atoms with E-state index < -0.39 is 0 Å². The van der Waals surface area contributed by atoms with Gasteiger partial charge < -0.3 is 9.88 Å². The van der Waals surface area contributed by atoms with Gasteiger partial charge in [-0.2, -0.15) is 0 Å². The molecule has 2 aromatic heterocycles. The summed E-state index contributed by atoms with van der Waals surface area (Å²) in [6.07, 6.45) is 7.13. The van der Waals surface area contributed by atoms with Crippen LogP contribution in [0.4, 0.5) is 0 Å². The van der Waals surface area contributed by atoms with Gasteiger partial charge in [-0.25, -0.2) is 0 Å². The fourth-order valence-electron chi connectivity index (χ4n) is 3.96. The Morgan fingerprint density at radius 1 is 1.26 bits per heavy atom. The molecule has 2 heterocycles. The van der Waals surface area contributed by atoms with Crippen LogP contribution in [0.2, 0.25) is 0 Å². The van der Waals surface area contributed by atoms with Gasteiger partial charge in [-0.1, -0.05) is 6.92 Å². The van der Waals surface area contributed by atoms with Crippen LogP contribution in [0.3, 0.4) is 0 Å².